The van der Waals surface area contributed by atoms with E-state index in [1.165, 1.54) is 41.7 Å². The van der Waals surface area contributed by atoms with Gasteiger partial charge in [0.1, 0.15) is 5.82 Å². The van der Waals surface area contributed by atoms with Crippen LogP contribution < -0.4 is 10.6 Å². The summed E-state index contributed by atoms with van der Waals surface area (Å²) in [6, 6.07) is 12.9. The molecule has 1 fully saturated rings. The van der Waals surface area contributed by atoms with Crippen molar-refractivity contribution in [2.75, 3.05) is 25.0 Å². The van der Waals surface area contributed by atoms with E-state index in [1.54, 1.807) is 0 Å². The third kappa shape index (κ3) is 6.24. The third-order valence-electron chi connectivity index (χ3n) is 7.10. The highest BCUT2D eigenvalue weighted by Crippen LogP contribution is 2.41. The van der Waals surface area contributed by atoms with Crippen LogP contribution in [0.1, 0.15) is 42.8 Å². The van der Waals surface area contributed by atoms with Gasteiger partial charge < -0.3 is 10.6 Å². The summed E-state index contributed by atoms with van der Waals surface area (Å²) in [6.07, 6.45) is 4.46. The fourth-order valence-electron chi connectivity index (χ4n) is 4.71. The summed E-state index contributed by atoms with van der Waals surface area (Å²) in [5.74, 6) is -0.350. The number of anilines is 1. The van der Waals surface area contributed by atoms with Gasteiger partial charge in [-0.25, -0.2) is 9.18 Å². The Labute approximate surface area is 209 Å². The molecule has 8 heteroatoms. The van der Waals surface area contributed by atoms with Crippen molar-refractivity contribution in [1.29, 1.82) is 0 Å². The van der Waals surface area contributed by atoms with Crippen molar-refractivity contribution >= 4 is 23.1 Å². The molecule has 0 aliphatic carbocycles. The molecular formula is C27H32F2N4OS. The van der Waals surface area contributed by atoms with Gasteiger partial charge in [-0.2, -0.15) is 4.39 Å². The van der Waals surface area contributed by atoms with E-state index in [0.29, 0.717) is 12.2 Å². The molecule has 1 saturated heterocycles. The standard InChI is InChI=1S/C27H32F2N4OS/c1-19-4-5-20(16-30-19)26(2,3)33-15-14-27(18-33,13-12-23-10-11-24(29)35-23)17-31-25(34)32-22-8-6-21(28)7-9-22/h4-11,16H,12-15,17-18H2,1-3H3,(H2,31,32,34)/t27-/m0/s1. The van der Waals surface area contributed by atoms with Crippen molar-refractivity contribution in [2.24, 2.45) is 5.41 Å². The maximum Gasteiger partial charge on any atom is 0.319 e. The van der Waals surface area contributed by atoms with Crippen LogP contribution in [0.3, 0.4) is 0 Å². The van der Waals surface area contributed by atoms with E-state index < -0.39 is 0 Å². The zero-order chi connectivity index (χ0) is 25.1. The van der Waals surface area contributed by atoms with E-state index in [1.807, 2.05) is 25.3 Å². The molecule has 2 amide bonds. The fourth-order valence-corrected chi connectivity index (χ4v) is 5.44. The van der Waals surface area contributed by atoms with Crippen LogP contribution in [0.4, 0.5) is 19.3 Å². The molecule has 1 aliphatic rings. The van der Waals surface area contributed by atoms with E-state index in [0.717, 1.165) is 48.5 Å². The quantitative estimate of drug-likeness (QED) is 0.394. The summed E-state index contributed by atoms with van der Waals surface area (Å²) >= 11 is 1.18. The third-order valence-corrected chi connectivity index (χ3v) is 8.04. The van der Waals surface area contributed by atoms with Gasteiger partial charge >= 0.3 is 6.03 Å². The number of carbonyl (C=O) groups excluding carboxylic acids is 1. The Hall–Kier alpha value is -2.84. The molecule has 186 valence electrons. The van der Waals surface area contributed by atoms with Crippen LogP contribution in [0.5, 0.6) is 0 Å². The highest BCUT2D eigenvalue weighted by Gasteiger charge is 2.43. The van der Waals surface area contributed by atoms with Gasteiger partial charge in [-0.05, 0) is 94.6 Å². The lowest BCUT2D eigenvalue weighted by Gasteiger charge is -2.38. The molecule has 1 aliphatic heterocycles. The number of likely N-dealkylation sites (tertiary alicyclic amines) is 1. The second kappa shape index (κ2) is 10.4. The molecule has 0 radical (unpaired) electrons. The number of halogens is 2. The average Bonchev–Trinajstić information content (AvgIpc) is 3.45. The van der Waals surface area contributed by atoms with E-state index >= 15 is 0 Å². The topological polar surface area (TPSA) is 57.3 Å². The number of aromatic nitrogens is 1. The Morgan fingerprint density at radius 3 is 2.57 bits per heavy atom. The van der Waals surface area contributed by atoms with Gasteiger partial charge in [0.2, 0.25) is 0 Å². The smallest absolute Gasteiger partial charge is 0.319 e. The second-order valence-electron chi connectivity index (χ2n) is 9.94. The first-order valence-electron chi connectivity index (χ1n) is 11.9. The van der Waals surface area contributed by atoms with Gasteiger partial charge in [0.25, 0.3) is 0 Å². The van der Waals surface area contributed by atoms with Crippen molar-refractivity contribution in [3.05, 3.63) is 81.8 Å². The van der Waals surface area contributed by atoms with Gasteiger partial charge in [0.15, 0.2) is 5.13 Å². The number of urea groups is 1. The van der Waals surface area contributed by atoms with Crippen LogP contribution in [-0.4, -0.2) is 35.5 Å². The molecule has 35 heavy (non-hydrogen) atoms. The number of hydrogen-bond donors (Lipinski definition) is 2. The molecule has 0 unspecified atom stereocenters. The monoisotopic (exact) mass is 498 g/mol. The predicted molar refractivity (Wildman–Crippen MR) is 137 cm³/mol. The molecule has 2 N–H and O–H groups in total. The number of aryl methyl sites for hydroxylation is 2. The number of thiophene rings is 1. The summed E-state index contributed by atoms with van der Waals surface area (Å²) in [5.41, 5.74) is 2.30. The number of amides is 2. The van der Waals surface area contributed by atoms with Crippen LogP contribution in [0.2, 0.25) is 0 Å². The van der Waals surface area contributed by atoms with E-state index in [9.17, 15) is 13.6 Å². The minimum absolute atomic E-state index is 0.157. The van der Waals surface area contributed by atoms with Gasteiger partial charge in [-0.3, -0.25) is 9.88 Å². The molecule has 1 atom stereocenters. The minimum Gasteiger partial charge on any atom is -0.337 e. The van der Waals surface area contributed by atoms with Gasteiger partial charge in [0, 0.05) is 46.5 Å². The van der Waals surface area contributed by atoms with Crippen molar-refractivity contribution < 1.29 is 13.6 Å². The fraction of sp³-hybridized carbons (Fsp3) is 0.407. The van der Waals surface area contributed by atoms with Crippen LogP contribution in [0.15, 0.2) is 54.7 Å². The Bertz CT molecular complexity index is 1150. The normalized spacial score (nSPS) is 18.5. The van der Waals surface area contributed by atoms with Crippen LogP contribution in [0, 0.1) is 23.3 Å². The lowest BCUT2D eigenvalue weighted by Crippen LogP contribution is -2.45. The molecule has 5 nitrogen and oxygen atoms in total. The molecule has 4 rings (SSSR count). The van der Waals surface area contributed by atoms with Crippen LogP contribution in [-0.2, 0) is 12.0 Å². The Morgan fingerprint density at radius 2 is 1.91 bits per heavy atom. The molecule has 3 heterocycles. The van der Waals surface area contributed by atoms with Crippen molar-refractivity contribution in [3.8, 4) is 0 Å². The molecule has 3 aromatic rings. The summed E-state index contributed by atoms with van der Waals surface area (Å²) in [4.78, 5) is 20.6. The lowest BCUT2D eigenvalue weighted by atomic mass is 9.81. The molecular weight excluding hydrogens is 466 g/mol. The van der Waals surface area contributed by atoms with Crippen LogP contribution in [0.25, 0.3) is 0 Å². The summed E-state index contributed by atoms with van der Waals surface area (Å²) < 4.78 is 26.7. The molecule has 2 aromatic heterocycles. The predicted octanol–water partition coefficient (Wildman–Crippen LogP) is 6.11. The maximum atomic E-state index is 13.6. The van der Waals surface area contributed by atoms with E-state index in [-0.39, 0.29) is 27.9 Å². The highest BCUT2D eigenvalue weighted by molar-refractivity contribution is 7.10. The Balaban J connectivity index is 1.46. The number of pyridine rings is 1. The number of carbonyl (C=O) groups is 1. The number of nitrogens with zero attached hydrogens (tertiary/aromatic N) is 2. The first kappa shape index (κ1) is 25.3. The molecule has 0 spiro atoms. The Kier molecular flexibility index (Phi) is 7.52. The van der Waals surface area contributed by atoms with Crippen LogP contribution >= 0.6 is 11.3 Å². The first-order chi connectivity index (χ1) is 16.6. The van der Waals surface area contributed by atoms with E-state index in [4.69, 9.17) is 0 Å². The van der Waals surface area contributed by atoms with E-state index in [2.05, 4.69) is 40.4 Å². The van der Waals surface area contributed by atoms with Gasteiger partial charge in [-0.15, -0.1) is 11.3 Å². The number of benzene rings is 1. The van der Waals surface area contributed by atoms with Crippen molar-refractivity contribution in [3.63, 3.8) is 0 Å². The molecule has 0 bridgehead atoms. The zero-order valence-electron chi connectivity index (χ0n) is 20.4. The van der Waals surface area contributed by atoms with Crippen molar-refractivity contribution in [2.45, 2.75) is 45.6 Å². The lowest BCUT2D eigenvalue weighted by molar-refractivity contribution is 0.127. The van der Waals surface area contributed by atoms with Crippen molar-refractivity contribution in [1.82, 2.24) is 15.2 Å². The Morgan fingerprint density at radius 1 is 1.14 bits per heavy atom. The molecule has 0 saturated carbocycles. The van der Waals surface area contributed by atoms with Gasteiger partial charge in [0.05, 0.1) is 0 Å². The van der Waals surface area contributed by atoms with Gasteiger partial charge in [-0.1, -0.05) is 6.07 Å². The summed E-state index contributed by atoms with van der Waals surface area (Å²) in [7, 11) is 0. The first-order valence-corrected chi connectivity index (χ1v) is 12.7. The largest absolute Gasteiger partial charge is 0.337 e. The number of hydrogen-bond acceptors (Lipinski definition) is 4. The average molecular weight is 499 g/mol. The molecule has 1 aromatic carbocycles. The summed E-state index contributed by atoms with van der Waals surface area (Å²) in [5, 5.41) is 5.64. The maximum absolute atomic E-state index is 13.6. The number of nitrogens with one attached hydrogen (secondary N) is 2. The second-order valence-corrected chi connectivity index (χ2v) is 11.1. The SMILES string of the molecule is Cc1ccc(C(C)(C)N2CC[C@@](CCc3ccc(F)s3)(CNC(=O)Nc3ccc(F)cc3)C2)cn1. The minimum atomic E-state index is -0.350. The number of rotatable bonds is 8. The summed E-state index contributed by atoms with van der Waals surface area (Å²) in [6.45, 7) is 8.58. The zero-order valence-corrected chi connectivity index (χ0v) is 21.2. The highest BCUT2D eigenvalue weighted by atomic mass is 32.1.